The molecule has 0 aliphatic carbocycles. The van der Waals surface area contributed by atoms with Gasteiger partial charge in [-0.3, -0.25) is 4.79 Å². The molecule has 0 aliphatic heterocycles. The van der Waals surface area contributed by atoms with Crippen LogP contribution in [0.3, 0.4) is 0 Å². The summed E-state index contributed by atoms with van der Waals surface area (Å²) in [5.41, 5.74) is 0.941. The predicted octanol–water partition coefficient (Wildman–Crippen LogP) is 3.76. The Balaban J connectivity index is 1.88. The van der Waals surface area contributed by atoms with Gasteiger partial charge in [-0.25, -0.2) is 8.42 Å². The molecule has 0 saturated heterocycles. The van der Waals surface area contributed by atoms with Gasteiger partial charge in [0.2, 0.25) is 9.84 Å². The fourth-order valence-corrected chi connectivity index (χ4v) is 3.71. The van der Waals surface area contributed by atoms with Gasteiger partial charge in [0.15, 0.2) is 5.78 Å². The highest BCUT2D eigenvalue weighted by molar-refractivity contribution is 7.91. The molecule has 3 aromatic rings. The van der Waals surface area contributed by atoms with Crippen LogP contribution in [-0.4, -0.2) is 21.3 Å². The first-order valence-electron chi connectivity index (χ1n) is 7.61. The van der Waals surface area contributed by atoms with E-state index in [9.17, 15) is 13.2 Å². The second-order valence-corrected chi connectivity index (χ2v) is 7.35. The second-order valence-electron chi connectivity index (χ2n) is 5.40. The maximum absolute atomic E-state index is 12.6. The number of carbonyl (C=O) groups is 1. The number of methoxy groups -OCH3 is 1. The number of sulfone groups is 1. The lowest BCUT2D eigenvalue weighted by atomic mass is 10.0. The summed E-state index contributed by atoms with van der Waals surface area (Å²) in [6.45, 7) is 0. The molecule has 126 valence electrons. The summed E-state index contributed by atoms with van der Waals surface area (Å²) >= 11 is 0. The summed E-state index contributed by atoms with van der Waals surface area (Å²) in [5, 5.41) is 0. The van der Waals surface area contributed by atoms with Crippen molar-refractivity contribution >= 4 is 15.6 Å². The maximum atomic E-state index is 12.6. The van der Waals surface area contributed by atoms with E-state index in [1.165, 1.54) is 24.3 Å². The summed E-state index contributed by atoms with van der Waals surface area (Å²) in [7, 11) is -2.02. The number of benzene rings is 3. The molecule has 0 spiro atoms. The lowest BCUT2D eigenvalue weighted by molar-refractivity contribution is 0.103. The molecule has 0 aliphatic rings. The van der Waals surface area contributed by atoms with Gasteiger partial charge in [0.1, 0.15) is 5.75 Å². The smallest absolute Gasteiger partial charge is 0.206 e. The molecule has 5 heteroatoms. The van der Waals surface area contributed by atoms with Gasteiger partial charge in [-0.15, -0.1) is 0 Å². The second kappa shape index (κ2) is 6.91. The van der Waals surface area contributed by atoms with Crippen molar-refractivity contribution in [3.8, 4) is 5.75 Å². The Hall–Kier alpha value is -2.92. The Morgan fingerprint density at radius 3 is 1.72 bits per heavy atom. The third kappa shape index (κ3) is 3.46. The molecule has 0 N–H and O–H groups in total. The van der Waals surface area contributed by atoms with Crippen molar-refractivity contribution in [2.24, 2.45) is 0 Å². The average molecular weight is 352 g/mol. The van der Waals surface area contributed by atoms with Gasteiger partial charge in [-0.2, -0.15) is 0 Å². The standard InChI is InChI=1S/C20H16O4S/c1-24-17-11-7-15(8-12-17)20(21)16-9-13-19(14-10-16)25(22,23)18-5-3-2-4-6-18/h2-14H,1H3. The molecule has 0 fully saturated rings. The zero-order chi connectivity index (χ0) is 17.9. The molecule has 3 rings (SSSR count). The third-order valence-corrected chi connectivity index (χ3v) is 5.62. The molecule has 0 amide bonds. The number of ketones is 1. The van der Waals surface area contributed by atoms with Crippen molar-refractivity contribution in [2.45, 2.75) is 9.79 Å². The average Bonchev–Trinajstić information content (AvgIpc) is 2.68. The van der Waals surface area contributed by atoms with Crippen LogP contribution in [0.1, 0.15) is 15.9 Å². The minimum atomic E-state index is -3.58. The van der Waals surface area contributed by atoms with Crippen LogP contribution in [0, 0.1) is 0 Å². The number of rotatable bonds is 5. The highest BCUT2D eigenvalue weighted by Crippen LogP contribution is 2.22. The summed E-state index contributed by atoms with van der Waals surface area (Å²) in [4.78, 5) is 12.9. The van der Waals surface area contributed by atoms with E-state index >= 15 is 0 Å². The van der Waals surface area contributed by atoms with E-state index < -0.39 is 9.84 Å². The number of ether oxygens (including phenoxy) is 1. The first kappa shape index (κ1) is 16.9. The van der Waals surface area contributed by atoms with Gasteiger partial charge >= 0.3 is 0 Å². The minimum Gasteiger partial charge on any atom is -0.497 e. The van der Waals surface area contributed by atoms with Crippen LogP contribution in [-0.2, 0) is 9.84 Å². The molecular weight excluding hydrogens is 336 g/mol. The molecule has 0 bridgehead atoms. The van der Waals surface area contributed by atoms with Gasteiger partial charge in [0.05, 0.1) is 16.9 Å². The fraction of sp³-hybridized carbons (Fsp3) is 0.0500. The van der Waals surface area contributed by atoms with Crippen LogP contribution in [0.5, 0.6) is 5.75 Å². The first-order chi connectivity index (χ1) is 12.0. The van der Waals surface area contributed by atoms with Crippen molar-refractivity contribution < 1.29 is 17.9 Å². The van der Waals surface area contributed by atoms with E-state index in [4.69, 9.17) is 4.74 Å². The highest BCUT2D eigenvalue weighted by atomic mass is 32.2. The minimum absolute atomic E-state index is 0.157. The highest BCUT2D eigenvalue weighted by Gasteiger charge is 2.18. The lowest BCUT2D eigenvalue weighted by Gasteiger charge is -2.06. The van der Waals surface area contributed by atoms with Crippen molar-refractivity contribution in [1.82, 2.24) is 0 Å². The van der Waals surface area contributed by atoms with E-state index in [1.54, 1.807) is 61.7 Å². The molecule has 0 atom stereocenters. The zero-order valence-corrected chi connectivity index (χ0v) is 14.4. The molecule has 4 nitrogen and oxygen atoms in total. The van der Waals surface area contributed by atoms with Crippen LogP contribution in [0.4, 0.5) is 0 Å². The van der Waals surface area contributed by atoms with E-state index in [0.717, 1.165) is 0 Å². The van der Waals surface area contributed by atoms with E-state index in [-0.39, 0.29) is 15.6 Å². The van der Waals surface area contributed by atoms with Gasteiger partial charge in [-0.05, 0) is 60.7 Å². The van der Waals surface area contributed by atoms with Crippen molar-refractivity contribution in [2.75, 3.05) is 7.11 Å². The predicted molar refractivity (Wildman–Crippen MR) is 94.8 cm³/mol. The van der Waals surface area contributed by atoms with Crippen LogP contribution in [0.25, 0.3) is 0 Å². The molecule has 25 heavy (non-hydrogen) atoms. The van der Waals surface area contributed by atoms with Gasteiger partial charge < -0.3 is 4.74 Å². The van der Waals surface area contributed by atoms with E-state index in [2.05, 4.69) is 0 Å². The van der Waals surface area contributed by atoms with Gasteiger partial charge in [0.25, 0.3) is 0 Å². The molecule has 0 heterocycles. The van der Waals surface area contributed by atoms with Crippen molar-refractivity contribution in [1.29, 1.82) is 0 Å². The van der Waals surface area contributed by atoms with E-state index in [1.807, 2.05) is 0 Å². The Bertz CT molecular complexity index is 974. The van der Waals surface area contributed by atoms with Crippen molar-refractivity contribution in [3.63, 3.8) is 0 Å². The molecule has 0 aromatic heterocycles. The van der Waals surface area contributed by atoms with Crippen LogP contribution in [0.15, 0.2) is 88.7 Å². The van der Waals surface area contributed by atoms with Crippen LogP contribution < -0.4 is 4.74 Å². The number of hydrogen-bond acceptors (Lipinski definition) is 4. The van der Waals surface area contributed by atoms with Gasteiger partial charge in [0, 0.05) is 11.1 Å². The van der Waals surface area contributed by atoms with Crippen molar-refractivity contribution in [3.05, 3.63) is 90.0 Å². The van der Waals surface area contributed by atoms with E-state index in [0.29, 0.717) is 16.9 Å². The normalized spacial score (nSPS) is 11.1. The Kier molecular flexibility index (Phi) is 4.67. The zero-order valence-electron chi connectivity index (χ0n) is 13.5. The summed E-state index contributed by atoms with van der Waals surface area (Å²) in [6.07, 6.45) is 0. The number of carbonyl (C=O) groups excluding carboxylic acids is 1. The molecule has 0 radical (unpaired) electrons. The van der Waals surface area contributed by atoms with Gasteiger partial charge in [-0.1, -0.05) is 18.2 Å². The third-order valence-electron chi connectivity index (χ3n) is 3.83. The number of hydrogen-bond donors (Lipinski definition) is 0. The molecule has 3 aromatic carbocycles. The lowest BCUT2D eigenvalue weighted by Crippen LogP contribution is -2.04. The molecular formula is C20H16O4S. The fourth-order valence-electron chi connectivity index (χ4n) is 2.43. The Morgan fingerprint density at radius 1 is 0.720 bits per heavy atom. The van der Waals surface area contributed by atoms with Crippen LogP contribution in [0.2, 0.25) is 0 Å². The quantitative estimate of drug-likeness (QED) is 0.656. The van der Waals surface area contributed by atoms with Crippen LogP contribution >= 0.6 is 0 Å². The summed E-state index contributed by atoms with van der Waals surface area (Å²) in [5.74, 6) is 0.493. The summed E-state index contributed by atoms with van der Waals surface area (Å²) < 4.78 is 30.2. The maximum Gasteiger partial charge on any atom is 0.206 e. The molecule has 0 saturated carbocycles. The largest absolute Gasteiger partial charge is 0.497 e. The topological polar surface area (TPSA) is 60.4 Å². The Labute approximate surface area is 146 Å². The summed E-state index contributed by atoms with van der Waals surface area (Å²) in [6, 6.07) is 21.0. The SMILES string of the molecule is COc1ccc(C(=O)c2ccc(S(=O)(=O)c3ccccc3)cc2)cc1. The monoisotopic (exact) mass is 352 g/mol. The molecule has 0 unspecified atom stereocenters. The first-order valence-corrected chi connectivity index (χ1v) is 9.09. The Morgan fingerprint density at radius 2 is 1.20 bits per heavy atom.